The minimum atomic E-state index is -2.83. The van der Waals surface area contributed by atoms with Gasteiger partial charge in [-0.1, -0.05) is 0 Å². The maximum Gasteiger partial charge on any atom is 0.300 e. The molecule has 0 aromatic carbocycles. The number of nitrogens with one attached hydrogen (secondary N) is 1. The first-order valence-electron chi connectivity index (χ1n) is 3.85. The van der Waals surface area contributed by atoms with Crippen molar-refractivity contribution in [3.8, 4) is 0 Å². The van der Waals surface area contributed by atoms with Crippen LogP contribution in [0.5, 0.6) is 0 Å². The summed E-state index contributed by atoms with van der Waals surface area (Å²) in [5.41, 5.74) is 0. The molecule has 0 radical (unpaired) electrons. The van der Waals surface area contributed by atoms with E-state index in [1.165, 1.54) is 7.11 Å². The molecule has 2 aliphatic heterocycles. The van der Waals surface area contributed by atoms with Crippen LogP contribution in [0.1, 0.15) is 0 Å². The Morgan fingerprint density at radius 3 is 2.67 bits per heavy atom. The minimum absolute atomic E-state index is 0.388. The number of fused-ring (bicyclic) bond motifs is 1. The lowest BCUT2D eigenvalue weighted by Crippen LogP contribution is -2.13. The molecule has 88 valence electrons. The van der Waals surface area contributed by atoms with Gasteiger partial charge in [-0.05, 0) is 33.7 Å². The molecule has 2 atom stereocenters. The Morgan fingerprint density at radius 1 is 1.27 bits per heavy atom. The van der Waals surface area contributed by atoms with Gasteiger partial charge < -0.3 is 9.05 Å². The van der Waals surface area contributed by atoms with E-state index in [0.717, 1.165) is 0 Å². The molecule has 0 unspecified atom stereocenters. The second-order valence-corrected chi connectivity index (χ2v) is 13.4. The van der Waals surface area contributed by atoms with Crippen LogP contribution in [0.4, 0.5) is 0 Å². The number of nitrogens with zero attached hydrogens (tertiary/aromatic N) is 3. The van der Waals surface area contributed by atoms with Crippen LogP contribution in [0, 0.1) is 0 Å². The number of rotatable bonds is 1. The fraction of sp³-hybridized carbons (Fsp3) is 1.00. The van der Waals surface area contributed by atoms with Gasteiger partial charge in [0.25, 0.3) is 13.5 Å². The van der Waals surface area contributed by atoms with Crippen molar-refractivity contribution in [2.24, 2.45) is 13.5 Å². The van der Waals surface area contributed by atoms with Gasteiger partial charge in [0.1, 0.15) is 0 Å². The van der Waals surface area contributed by atoms with Gasteiger partial charge in [0.05, 0.1) is 6.61 Å². The van der Waals surface area contributed by atoms with Gasteiger partial charge in [0.15, 0.2) is 0 Å². The maximum atomic E-state index is 6.13. The Morgan fingerprint density at radius 2 is 2.00 bits per heavy atom. The summed E-state index contributed by atoms with van der Waals surface area (Å²) in [6, 6.07) is 0. The Hall–Kier alpha value is 1.44. The molecule has 0 aromatic rings. The zero-order valence-electron chi connectivity index (χ0n) is 7.55. The Labute approximate surface area is 102 Å². The van der Waals surface area contributed by atoms with E-state index in [1.54, 1.807) is 0 Å². The smallest absolute Gasteiger partial charge is 0.300 e. The second-order valence-electron chi connectivity index (χ2n) is 2.66. The highest BCUT2D eigenvalue weighted by atomic mass is 35.9. The molecule has 1 N–H and O–H groups in total. The van der Waals surface area contributed by atoms with E-state index in [2.05, 4.69) is 18.6 Å². The van der Waals surface area contributed by atoms with Crippen molar-refractivity contribution in [2.45, 2.75) is 0 Å². The molecule has 15 heavy (non-hydrogen) atoms. The summed E-state index contributed by atoms with van der Waals surface area (Å²) >= 11 is 18.0. The van der Waals surface area contributed by atoms with Gasteiger partial charge in [0, 0.05) is 13.7 Å². The molecule has 0 aromatic heterocycles. The van der Waals surface area contributed by atoms with Crippen molar-refractivity contribution in [3.63, 3.8) is 0 Å². The SMILES string of the molecule is CO[P@]12=NP(Cl)(Cl)=N[P@](Cl)(=N1)OCCN2. The molecule has 0 fully saturated rings. The normalized spacial score (nSPS) is 43.2. The van der Waals surface area contributed by atoms with Gasteiger partial charge in [-0.15, -0.1) is 0 Å². The second kappa shape index (κ2) is 4.28. The lowest BCUT2D eigenvalue weighted by Gasteiger charge is -2.23. The summed E-state index contributed by atoms with van der Waals surface area (Å²) in [5.74, 6) is -2.83. The third-order valence-corrected chi connectivity index (χ3v) is 12.6. The summed E-state index contributed by atoms with van der Waals surface area (Å²) in [7, 11) is -1.08. The lowest BCUT2D eigenvalue weighted by atomic mass is 10.8. The number of hydrogen-bond donors (Lipinski definition) is 1. The first-order valence-corrected chi connectivity index (χ1v) is 11.5. The van der Waals surface area contributed by atoms with E-state index in [0.29, 0.717) is 13.2 Å². The molecular weight excluding hydrogens is 323 g/mol. The predicted octanol–water partition coefficient (Wildman–Crippen LogP) is 4.82. The first kappa shape index (κ1) is 12.9. The Bertz CT molecular complexity index is 444. The van der Waals surface area contributed by atoms with Crippen molar-refractivity contribution in [2.75, 3.05) is 20.3 Å². The van der Waals surface area contributed by atoms with Crippen LogP contribution in [0.2, 0.25) is 0 Å². The van der Waals surface area contributed by atoms with Crippen molar-refractivity contribution in [1.29, 1.82) is 0 Å². The van der Waals surface area contributed by atoms with Gasteiger partial charge in [-0.2, -0.15) is 13.5 Å². The highest BCUT2D eigenvalue weighted by molar-refractivity contribution is 8.15. The summed E-state index contributed by atoms with van der Waals surface area (Å²) in [6.07, 6.45) is 0. The van der Waals surface area contributed by atoms with Crippen molar-refractivity contribution >= 4 is 54.0 Å². The summed E-state index contributed by atoms with van der Waals surface area (Å²) in [6.45, 7) is -1.86. The molecule has 6 nitrogen and oxygen atoms in total. The van der Waals surface area contributed by atoms with E-state index in [1.807, 2.05) is 0 Å². The van der Waals surface area contributed by atoms with Crippen LogP contribution < -0.4 is 5.09 Å². The van der Waals surface area contributed by atoms with E-state index in [9.17, 15) is 0 Å². The fourth-order valence-electron chi connectivity index (χ4n) is 1.09. The van der Waals surface area contributed by atoms with E-state index in [-0.39, 0.29) is 0 Å². The zero-order chi connectivity index (χ0) is 11.2. The number of hydrogen-bond acceptors (Lipinski definition) is 6. The molecule has 0 amide bonds. The van der Waals surface area contributed by atoms with E-state index >= 15 is 0 Å². The van der Waals surface area contributed by atoms with E-state index in [4.69, 9.17) is 42.8 Å². The first-order chi connectivity index (χ1) is 6.89. The Balaban J connectivity index is 2.67. The molecule has 2 bridgehead atoms. The molecule has 0 saturated carbocycles. The predicted molar refractivity (Wildman–Crippen MR) is 66.6 cm³/mol. The molecule has 2 rings (SSSR count). The third-order valence-electron chi connectivity index (χ3n) is 1.61. The van der Waals surface area contributed by atoms with Crippen LogP contribution >= 0.6 is 54.0 Å². The summed E-state index contributed by atoms with van der Waals surface area (Å²) in [5, 5.41) is 3.03. The van der Waals surface area contributed by atoms with Gasteiger partial charge in [0.2, 0.25) is 0 Å². The Kier molecular flexibility index (Phi) is 3.67. The van der Waals surface area contributed by atoms with Crippen molar-refractivity contribution < 1.29 is 9.05 Å². The van der Waals surface area contributed by atoms with Crippen molar-refractivity contribution in [3.05, 3.63) is 0 Å². The summed E-state index contributed by atoms with van der Waals surface area (Å²) < 4.78 is 23.0. The van der Waals surface area contributed by atoms with Crippen LogP contribution in [0.15, 0.2) is 13.5 Å². The topological polar surface area (TPSA) is 67.6 Å². The van der Waals surface area contributed by atoms with Crippen LogP contribution in [0.3, 0.4) is 0 Å². The van der Waals surface area contributed by atoms with Crippen LogP contribution in [-0.2, 0) is 9.05 Å². The van der Waals surface area contributed by atoms with Gasteiger partial charge in [-0.25, -0.2) is 5.09 Å². The lowest BCUT2D eigenvalue weighted by molar-refractivity contribution is 0.361. The van der Waals surface area contributed by atoms with Crippen LogP contribution in [0.25, 0.3) is 0 Å². The standard InChI is InChI=1S/C3H8Cl3N4O2P3/c1-11-15-7-2-3-12-14(6,10-15)8-13(4,5)9-15/h7H,2-3H2,1H3/t14-,15-/m1/s1. The fourth-order valence-corrected chi connectivity index (χ4v) is 14.1. The van der Waals surface area contributed by atoms with Gasteiger partial charge >= 0.3 is 6.78 Å². The monoisotopic (exact) mass is 330 g/mol. The average molecular weight is 331 g/mol. The van der Waals surface area contributed by atoms with Crippen LogP contribution in [-0.4, -0.2) is 20.3 Å². The molecular formula is C3H8Cl3N4O2P3. The molecule has 2 heterocycles. The molecule has 12 heteroatoms. The maximum absolute atomic E-state index is 6.13. The largest absolute Gasteiger partial charge is 0.319 e. The molecule has 0 aliphatic carbocycles. The average Bonchev–Trinajstić information content (AvgIpc) is 2.21. The van der Waals surface area contributed by atoms with Gasteiger partial charge in [-0.3, -0.25) is 0 Å². The molecule has 0 spiro atoms. The van der Waals surface area contributed by atoms with E-state index < -0.39 is 20.3 Å². The zero-order valence-corrected chi connectivity index (χ0v) is 12.5. The molecule has 0 saturated heterocycles. The molecule has 2 aliphatic rings. The van der Waals surface area contributed by atoms with Crippen molar-refractivity contribution in [1.82, 2.24) is 5.09 Å². The number of halogens is 3. The quantitative estimate of drug-likeness (QED) is 0.700. The summed E-state index contributed by atoms with van der Waals surface area (Å²) in [4.78, 5) is 0. The third kappa shape index (κ3) is 2.82. The highest BCUT2D eigenvalue weighted by Crippen LogP contribution is 2.83. The highest BCUT2D eigenvalue weighted by Gasteiger charge is 2.37. The minimum Gasteiger partial charge on any atom is -0.319 e.